The zero-order valence-electron chi connectivity index (χ0n) is 10.0. The van der Waals surface area contributed by atoms with Gasteiger partial charge in [-0.3, -0.25) is 0 Å². The van der Waals surface area contributed by atoms with Crippen molar-refractivity contribution in [3.8, 4) is 0 Å². The molecule has 0 aliphatic carbocycles. The predicted octanol–water partition coefficient (Wildman–Crippen LogP) is 1.42. The molecule has 0 amide bonds. The minimum Gasteiger partial charge on any atom is -0.392 e. The van der Waals surface area contributed by atoms with Crippen LogP contribution >= 0.6 is 0 Å². The van der Waals surface area contributed by atoms with Crippen molar-refractivity contribution in [3.63, 3.8) is 0 Å². The van der Waals surface area contributed by atoms with Crippen LogP contribution in [0.2, 0.25) is 0 Å². The second-order valence-corrected chi connectivity index (χ2v) is 4.21. The molecule has 0 aromatic heterocycles. The smallest absolute Gasteiger partial charge is 0.0916 e. The van der Waals surface area contributed by atoms with Gasteiger partial charge in [0.15, 0.2) is 0 Å². The lowest BCUT2D eigenvalue weighted by Gasteiger charge is -2.22. The Bertz CT molecular complexity index is 289. The van der Waals surface area contributed by atoms with Crippen LogP contribution in [-0.2, 0) is 0 Å². The predicted molar refractivity (Wildman–Crippen MR) is 65.2 cm³/mol. The highest BCUT2D eigenvalue weighted by molar-refractivity contribution is 5.17. The zero-order chi connectivity index (χ0) is 12.0. The summed E-state index contributed by atoms with van der Waals surface area (Å²) in [6.07, 6.45) is -0.0607. The van der Waals surface area contributed by atoms with E-state index in [4.69, 9.17) is 0 Å². The fraction of sp³-hybridized carbons (Fsp3) is 0.538. The van der Waals surface area contributed by atoms with Gasteiger partial charge in [-0.25, -0.2) is 0 Å². The summed E-state index contributed by atoms with van der Waals surface area (Å²) < 4.78 is 0. The maximum atomic E-state index is 9.95. The number of hydrogen-bond acceptors (Lipinski definition) is 3. The molecule has 0 saturated carbocycles. The third-order valence-corrected chi connectivity index (χ3v) is 2.66. The van der Waals surface area contributed by atoms with Gasteiger partial charge in [-0.1, -0.05) is 37.3 Å². The average Bonchev–Trinajstić information content (AvgIpc) is 2.29. The molecule has 0 unspecified atom stereocenters. The number of hydrogen-bond donors (Lipinski definition) is 2. The minimum absolute atomic E-state index is 0.312. The largest absolute Gasteiger partial charge is 0.392 e. The van der Waals surface area contributed by atoms with Crippen molar-refractivity contribution in [1.82, 2.24) is 4.90 Å². The van der Waals surface area contributed by atoms with Gasteiger partial charge in [0.2, 0.25) is 0 Å². The van der Waals surface area contributed by atoms with Crippen LogP contribution in [0, 0.1) is 0 Å². The van der Waals surface area contributed by atoms with Crippen molar-refractivity contribution in [3.05, 3.63) is 35.9 Å². The van der Waals surface area contributed by atoms with Crippen LogP contribution in [0.15, 0.2) is 30.3 Å². The van der Waals surface area contributed by atoms with Crippen LogP contribution in [0.5, 0.6) is 0 Å². The highest BCUT2D eigenvalue weighted by Crippen LogP contribution is 2.13. The number of aliphatic hydroxyl groups excluding tert-OH is 2. The Balaban J connectivity index is 2.42. The number of aliphatic hydroxyl groups is 2. The van der Waals surface area contributed by atoms with Crippen molar-refractivity contribution >= 4 is 0 Å². The SMILES string of the molecule is CC[C@@H](O)CN(C)C[C@H](O)c1ccccc1. The molecule has 1 aromatic rings. The van der Waals surface area contributed by atoms with E-state index < -0.39 is 6.10 Å². The van der Waals surface area contributed by atoms with Gasteiger partial charge in [0.05, 0.1) is 12.2 Å². The number of likely N-dealkylation sites (N-methyl/N-ethyl adjacent to an activating group) is 1. The van der Waals surface area contributed by atoms with Gasteiger partial charge < -0.3 is 15.1 Å². The van der Waals surface area contributed by atoms with Crippen LogP contribution in [0.1, 0.15) is 25.0 Å². The third-order valence-electron chi connectivity index (χ3n) is 2.66. The molecule has 1 rings (SSSR count). The van der Waals surface area contributed by atoms with E-state index in [2.05, 4.69) is 0 Å². The molecule has 0 saturated heterocycles. The van der Waals surface area contributed by atoms with E-state index in [-0.39, 0.29) is 6.10 Å². The van der Waals surface area contributed by atoms with E-state index in [1.807, 2.05) is 49.2 Å². The molecule has 0 bridgehead atoms. The Morgan fingerprint density at radius 1 is 1.12 bits per heavy atom. The lowest BCUT2D eigenvalue weighted by Crippen LogP contribution is -2.32. The molecule has 0 fully saturated rings. The second kappa shape index (κ2) is 6.63. The maximum Gasteiger partial charge on any atom is 0.0916 e. The fourth-order valence-electron chi connectivity index (χ4n) is 1.64. The molecule has 0 heterocycles. The van der Waals surface area contributed by atoms with Crippen molar-refractivity contribution in [2.24, 2.45) is 0 Å². The molecule has 2 N–H and O–H groups in total. The van der Waals surface area contributed by atoms with E-state index in [0.717, 1.165) is 12.0 Å². The molecular formula is C13H21NO2. The van der Waals surface area contributed by atoms with Crippen LogP contribution in [-0.4, -0.2) is 41.4 Å². The van der Waals surface area contributed by atoms with Gasteiger partial charge in [-0.05, 0) is 19.0 Å². The summed E-state index contributed by atoms with van der Waals surface area (Å²) in [4.78, 5) is 1.95. The van der Waals surface area contributed by atoms with Gasteiger partial charge >= 0.3 is 0 Å². The third kappa shape index (κ3) is 4.31. The van der Waals surface area contributed by atoms with Gasteiger partial charge in [-0.2, -0.15) is 0 Å². The van der Waals surface area contributed by atoms with Crippen LogP contribution in [0.25, 0.3) is 0 Å². The first-order chi connectivity index (χ1) is 7.63. The molecule has 0 radical (unpaired) electrons. The lowest BCUT2D eigenvalue weighted by molar-refractivity contribution is 0.0817. The number of nitrogens with zero attached hydrogens (tertiary/aromatic N) is 1. The first kappa shape index (κ1) is 13.2. The van der Waals surface area contributed by atoms with Crippen LogP contribution < -0.4 is 0 Å². The highest BCUT2D eigenvalue weighted by atomic mass is 16.3. The first-order valence-electron chi connectivity index (χ1n) is 5.73. The second-order valence-electron chi connectivity index (χ2n) is 4.21. The fourth-order valence-corrected chi connectivity index (χ4v) is 1.64. The molecule has 0 aliphatic rings. The molecule has 0 aliphatic heterocycles. The summed E-state index contributed by atoms with van der Waals surface area (Å²) in [5.41, 5.74) is 0.917. The molecule has 3 heteroatoms. The quantitative estimate of drug-likeness (QED) is 0.766. The minimum atomic E-state index is -0.491. The molecule has 2 atom stereocenters. The average molecular weight is 223 g/mol. The number of rotatable bonds is 6. The molecule has 0 spiro atoms. The van der Waals surface area contributed by atoms with Gasteiger partial charge in [0.25, 0.3) is 0 Å². The molecule has 90 valence electrons. The van der Waals surface area contributed by atoms with Gasteiger partial charge in [0, 0.05) is 13.1 Å². The summed E-state index contributed by atoms with van der Waals surface area (Å²) in [5, 5.41) is 19.4. The van der Waals surface area contributed by atoms with Crippen molar-refractivity contribution in [1.29, 1.82) is 0 Å². The van der Waals surface area contributed by atoms with E-state index in [9.17, 15) is 10.2 Å². The summed E-state index contributed by atoms with van der Waals surface area (Å²) in [7, 11) is 1.91. The summed E-state index contributed by atoms with van der Waals surface area (Å²) in [6, 6.07) is 9.59. The number of benzene rings is 1. The maximum absolute atomic E-state index is 9.95. The highest BCUT2D eigenvalue weighted by Gasteiger charge is 2.12. The monoisotopic (exact) mass is 223 g/mol. The van der Waals surface area contributed by atoms with Crippen LogP contribution in [0.4, 0.5) is 0 Å². The van der Waals surface area contributed by atoms with Crippen molar-refractivity contribution in [2.75, 3.05) is 20.1 Å². The Hall–Kier alpha value is -0.900. The Labute approximate surface area is 97.3 Å². The molecule has 16 heavy (non-hydrogen) atoms. The lowest BCUT2D eigenvalue weighted by atomic mass is 10.1. The van der Waals surface area contributed by atoms with E-state index in [1.165, 1.54) is 0 Å². The normalized spacial score (nSPS) is 15.1. The van der Waals surface area contributed by atoms with Crippen molar-refractivity contribution in [2.45, 2.75) is 25.6 Å². The summed E-state index contributed by atoms with van der Waals surface area (Å²) in [5.74, 6) is 0. The summed E-state index contributed by atoms with van der Waals surface area (Å²) >= 11 is 0. The topological polar surface area (TPSA) is 43.7 Å². The van der Waals surface area contributed by atoms with Crippen LogP contribution in [0.3, 0.4) is 0 Å². The van der Waals surface area contributed by atoms with E-state index >= 15 is 0 Å². The van der Waals surface area contributed by atoms with Gasteiger partial charge in [0.1, 0.15) is 0 Å². The zero-order valence-corrected chi connectivity index (χ0v) is 10.0. The van der Waals surface area contributed by atoms with E-state index in [1.54, 1.807) is 0 Å². The summed E-state index contributed by atoms with van der Waals surface area (Å²) in [6.45, 7) is 3.09. The first-order valence-corrected chi connectivity index (χ1v) is 5.73. The molecule has 1 aromatic carbocycles. The standard InChI is InChI=1S/C13H21NO2/c1-3-12(15)9-14(2)10-13(16)11-7-5-4-6-8-11/h4-8,12-13,15-16H,3,9-10H2,1-2H3/t12-,13+/m1/s1. The van der Waals surface area contributed by atoms with Crippen molar-refractivity contribution < 1.29 is 10.2 Å². The molecule has 3 nitrogen and oxygen atoms in total. The Morgan fingerprint density at radius 2 is 1.75 bits per heavy atom. The van der Waals surface area contributed by atoms with Gasteiger partial charge in [-0.15, -0.1) is 0 Å². The van der Waals surface area contributed by atoms with E-state index in [0.29, 0.717) is 13.1 Å². The molecular weight excluding hydrogens is 202 g/mol. The Kier molecular flexibility index (Phi) is 5.46. The Morgan fingerprint density at radius 3 is 2.31 bits per heavy atom.